The Kier molecular flexibility index (Phi) is 5.74. The zero-order valence-electron chi connectivity index (χ0n) is 15.1. The molecule has 1 heterocycles. The van der Waals surface area contributed by atoms with Gasteiger partial charge >= 0.3 is 0 Å². The van der Waals surface area contributed by atoms with Gasteiger partial charge in [-0.2, -0.15) is 0 Å². The lowest BCUT2D eigenvalue weighted by molar-refractivity contribution is -0.134. The van der Waals surface area contributed by atoms with Gasteiger partial charge in [-0.1, -0.05) is 42.5 Å². The van der Waals surface area contributed by atoms with Crippen molar-refractivity contribution in [1.82, 2.24) is 4.90 Å². The molecule has 0 aliphatic rings. The molecule has 0 N–H and O–H groups in total. The highest BCUT2D eigenvalue weighted by atomic mass is 16.5. The van der Waals surface area contributed by atoms with Gasteiger partial charge in [0.1, 0.15) is 11.5 Å². The minimum absolute atomic E-state index is 0.00215. The molecule has 0 unspecified atom stereocenters. The summed E-state index contributed by atoms with van der Waals surface area (Å²) in [6.07, 6.45) is 1.62. The SMILES string of the molecule is Cc1cccc(OCC(=O)N(Cc2ccccc2)Cc2ccco2)c1C. The second-order valence-corrected chi connectivity index (χ2v) is 6.30. The molecule has 0 spiro atoms. The zero-order chi connectivity index (χ0) is 18.4. The van der Waals surface area contributed by atoms with E-state index in [1.54, 1.807) is 11.2 Å². The molecule has 2 aromatic carbocycles. The van der Waals surface area contributed by atoms with Crippen LogP contribution in [0.25, 0.3) is 0 Å². The number of carbonyl (C=O) groups is 1. The summed E-state index contributed by atoms with van der Waals surface area (Å²) in [5, 5.41) is 0. The Labute approximate surface area is 154 Å². The van der Waals surface area contributed by atoms with Crippen LogP contribution in [0.5, 0.6) is 5.75 Å². The first-order valence-electron chi connectivity index (χ1n) is 8.66. The van der Waals surface area contributed by atoms with Crippen LogP contribution in [0.4, 0.5) is 0 Å². The molecule has 0 saturated heterocycles. The third-order valence-corrected chi connectivity index (χ3v) is 4.40. The second kappa shape index (κ2) is 8.39. The van der Waals surface area contributed by atoms with Crippen molar-refractivity contribution in [3.8, 4) is 5.75 Å². The number of carbonyl (C=O) groups excluding carboxylic acids is 1. The number of furan rings is 1. The highest BCUT2D eigenvalue weighted by Gasteiger charge is 2.17. The van der Waals surface area contributed by atoms with E-state index in [4.69, 9.17) is 9.15 Å². The molecule has 0 aliphatic heterocycles. The lowest BCUT2D eigenvalue weighted by Crippen LogP contribution is -2.34. The maximum atomic E-state index is 12.8. The summed E-state index contributed by atoms with van der Waals surface area (Å²) in [6.45, 7) is 4.95. The summed E-state index contributed by atoms with van der Waals surface area (Å²) >= 11 is 0. The fraction of sp³-hybridized carbons (Fsp3) is 0.227. The third kappa shape index (κ3) is 4.54. The normalized spacial score (nSPS) is 10.5. The van der Waals surface area contributed by atoms with Crippen molar-refractivity contribution in [3.63, 3.8) is 0 Å². The fourth-order valence-corrected chi connectivity index (χ4v) is 2.74. The van der Waals surface area contributed by atoms with Gasteiger partial charge < -0.3 is 14.1 Å². The maximum absolute atomic E-state index is 12.8. The molecule has 0 saturated carbocycles. The van der Waals surface area contributed by atoms with Crippen LogP contribution < -0.4 is 4.74 Å². The van der Waals surface area contributed by atoms with Crippen LogP contribution in [0.15, 0.2) is 71.3 Å². The van der Waals surface area contributed by atoms with Crippen LogP contribution in [0, 0.1) is 13.8 Å². The van der Waals surface area contributed by atoms with Crippen molar-refractivity contribution in [2.75, 3.05) is 6.61 Å². The van der Waals surface area contributed by atoms with Crippen molar-refractivity contribution in [2.45, 2.75) is 26.9 Å². The molecule has 4 heteroatoms. The van der Waals surface area contributed by atoms with Gasteiger partial charge in [0.2, 0.25) is 0 Å². The van der Waals surface area contributed by atoms with E-state index in [0.29, 0.717) is 13.1 Å². The van der Waals surface area contributed by atoms with E-state index in [-0.39, 0.29) is 12.5 Å². The van der Waals surface area contributed by atoms with Crippen LogP contribution in [-0.4, -0.2) is 17.4 Å². The predicted molar refractivity (Wildman–Crippen MR) is 101 cm³/mol. The lowest BCUT2D eigenvalue weighted by atomic mass is 10.1. The smallest absolute Gasteiger partial charge is 0.261 e. The summed E-state index contributed by atoms with van der Waals surface area (Å²) in [5.41, 5.74) is 3.27. The van der Waals surface area contributed by atoms with Crippen molar-refractivity contribution in [1.29, 1.82) is 0 Å². The van der Waals surface area contributed by atoms with Gasteiger partial charge in [-0.25, -0.2) is 0 Å². The minimum Gasteiger partial charge on any atom is -0.483 e. The van der Waals surface area contributed by atoms with Crippen LogP contribution in [-0.2, 0) is 17.9 Å². The number of amides is 1. The molecule has 1 amide bonds. The molecule has 134 valence electrons. The van der Waals surface area contributed by atoms with Crippen LogP contribution >= 0.6 is 0 Å². The van der Waals surface area contributed by atoms with Gasteiger partial charge in [0, 0.05) is 6.54 Å². The molecule has 0 bridgehead atoms. The number of rotatable bonds is 7. The number of nitrogens with zero attached hydrogens (tertiary/aromatic N) is 1. The van der Waals surface area contributed by atoms with E-state index < -0.39 is 0 Å². The standard InChI is InChI=1S/C22H23NO3/c1-17-8-6-12-21(18(17)2)26-16-22(24)23(15-20-11-7-13-25-20)14-19-9-4-3-5-10-19/h3-13H,14-16H2,1-2H3. The van der Waals surface area contributed by atoms with Crippen molar-refractivity contribution in [3.05, 3.63) is 89.4 Å². The Morgan fingerprint density at radius 1 is 0.962 bits per heavy atom. The largest absolute Gasteiger partial charge is 0.483 e. The van der Waals surface area contributed by atoms with Gasteiger partial charge in [-0.3, -0.25) is 4.79 Å². The number of benzene rings is 2. The van der Waals surface area contributed by atoms with Crippen molar-refractivity contribution >= 4 is 5.91 Å². The second-order valence-electron chi connectivity index (χ2n) is 6.30. The molecule has 4 nitrogen and oxygen atoms in total. The molecule has 0 atom stereocenters. The molecule has 3 aromatic rings. The van der Waals surface area contributed by atoms with Crippen molar-refractivity contribution in [2.24, 2.45) is 0 Å². The van der Waals surface area contributed by atoms with E-state index in [1.165, 1.54) is 0 Å². The van der Waals surface area contributed by atoms with Gasteiger partial charge in [0.15, 0.2) is 6.61 Å². The van der Waals surface area contributed by atoms with Crippen LogP contribution in [0.2, 0.25) is 0 Å². The summed E-state index contributed by atoms with van der Waals surface area (Å²) < 4.78 is 11.2. The number of hydrogen-bond acceptors (Lipinski definition) is 3. The molecule has 1 aromatic heterocycles. The first-order chi connectivity index (χ1) is 12.6. The maximum Gasteiger partial charge on any atom is 0.261 e. The number of ether oxygens (including phenoxy) is 1. The Bertz CT molecular complexity index is 841. The first kappa shape index (κ1) is 17.8. The minimum atomic E-state index is -0.0776. The van der Waals surface area contributed by atoms with Crippen LogP contribution in [0.1, 0.15) is 22.5 Å². The average Bonchev–Trinajstić information content (AvgIpc) is 3.16. The predicted octanol–water partition coefficient (Wildman–Crippen LogP) is 4.50. The molecule has 26 heavy (non-hydrogen) atoms. The Morgan fingerprint density at radius 3 is 2.50 bits per heavy atom. The first-order valence-corrected chi connectivity index (χ1v) is 8.66. The fourth-order valence-electron chi connectivity index (χ4n) is 2.74. The van der Waals surface area contributed by atoms with E-state index in [0.717, 1.165) is 28.2 Å². The van der Waals surface area contributed by atoms with Gasteiger partial charge in [0.05, 0.1) is 12.8 Å². The van der Waals surface area contributed by atoms with Crippen LogP contribution in [0.3, 0.4) is 0 Å². The molecule has 0 aliphatic carbocycles. The molecule has 3 rings (SSSR count). The average molecular weight is 349 g/mol. The zero-order valence-corrected chi connectivity index (χ0v) is 15.1. The number of aryl methyl sites for hydroxylation is 1. The van der Waals surface area contributed by atoms with Gasteiger partial charge in [0.25, 0.3) is 5.91 Å². The molecular formula is C22H23NO3. The van der Waals surface area contributed by atoms with Gasteiger partial charge in [-0.05, 0) is 48.7 Å². The summed E-state index contributed by atoms with van der Waals surface area (Å²) in [4.78, 5) is 14.6. The summed E-state index contributed by atoms with van der Waals surface area (Å²) in [5.74, 6) is 1.42. The quantitative estimate of drug-likeness (QED) is 0.630. The molecule has 0 fully saturated rings. The monoisotopic (exact) mass is 349 g/mol. The number of hydrogen-bond donors (Lipinski definition) is 0. The Morgan fingerprint density at radius 2 is 1.77 bits per heavy atom. The van der Waals surface area contributed by atoms with E-state index in [1.807, 2.05) is 74.5 Å². The van der Waals surface area contributed by atoms with E-state index in [9.17, 15) is 4.79 Å². The Balaban J connectivity index is 1.70. The lowest BCUT2D eigenvalue weighted by Gasteiger charge is -2.22. The molecular weight excluding hydrogens is 326 g/mol. The summed E-state index contributed by atoms with van der Waals surface area (Å²) in [7, 11) is 0. The van der Waals surface area contributed by atoms with Crippen molar-refractivity contribution < 1.29 is 13.9 Å². The Hall–Kier alpha value is -3.01. The summed E-state index contributed by atoms with van der Waals surface area (Å²) in [6, 6.07) is 19.5. The molecule has 0 radical (unpaired) electrons. The third-order valence-electron chi connectivity index (χ3n) is 4.40. The van der Waals surface area contributed by atoms with E-state index >= 15 is 0 Å². The van der Waals surface area contributed by atoms with Gasteiger partial charge in [-0.15, -0.1) is 0 Å². The van der Waals surface area contributed by atoms with E-state index in [2.05, 4.69) is 0 Å². The highest BCUT2D eigenvalue weighted by Crippen LogP contribution is 2.21. The topological polar surface area (TPSA) is 42.7 Å². The highest BCUT2D eigenvalue weighted by molar-refractivity contribution is 5.77.